The molecular formula is C17H29NO. The summed E-state index contributed by atoms with van der Waals surface area (Å²) in [5, 5.41) is 3.58. The molecule has 2 heteroatoms. The van der Waals surface area contributed by atoms with Gasteiger partial charge >= 0.3 is 0 Å². The molecule has 0 bridgehead atoms. The van der Waals surface area contributed by atoms with Crippen molar-refractivity contribution in [3.8, 4) is 5.75 Å². The van der Waals surface area contributed by atoms with Gasteiger partial charge < -0.3 is 10.1 Å². The molecule has 2 nitrogen and oxygen atoms in total. The van der Waals surface area contributed by atoms with E-state index in [0.717, 1.165) is 25.3 Å². The number of benzene rings is 1. The van der Waals surface area contributed by atoms with E-state index < -0.39 is 0 Å². The molecule has 108 valence electrons. The molecule has 0 aliphatic rings. The molecule has 0 aliphatic heterocycles. The predicted molar refractivity (Wildman–Crippen MR) is 82.7 cm³/mol. The summed E-state index contributed by atoms with van der Waals surface area (Å²) in [5.41, 5.74) is 1.36. The number of unbranched alkanes of at least 4 members (excludes halogenated alkanes) is 1. The van der Waals surface area contributed by atoms with Gasteiger partial charge in [0.15, 0.2) is 0 Å². The summed E-state index contributed by atoms with van der Waals surface area (Å²) in [6.45, 7) is 10.7. The van der Waals surface area contributed by atoms with Gasteiger partial charge in [-0.15, -0.1) is 0 Å². The Labute approximate surface area is 118 Å². The SMILES string of the molecule is CCCCOc1ccc(C(NCC)C(C)CC)cc1. The fourth-order valence-electron chi connectivity index (χ4n) is 2.21. The van der Waals surface area contributed by atoms with Crippen LogP contribution in [0.25, 0.3) is 0 Å². The Morgan fingerprint density at radius 2 is 1.79 bits per heavy atom. The molecule has 1 aromatic carbocycles. The average Bonchev–Trinajstić information content (AvgIpc) is 2.45. The van der Waals surface area contributed by atoms with Crippen LogP contribution in [0.3, 0.4) is 0 Å². The Morgan fingerprint density at radius 3 is 2.32 bits per heavy atom. The Hall–Kier alpha value is -1.02. The summed E-state index contributed by atoms with van der Waals surface area (Å²) < 4.78 is 5.71. The first-order valence-electron chi connectivity index (χ1n) is 7.69. The molecule has 0 spiro atoms. The standard InChI is InChI=1S/C17H29NO/c1-5-8-13-19-16-11-9-15(10-12-16)17(18-7-3)14(4)6-2/h9-12,14,17-18H,5-8,13H2,1-4H3. The Bertz CT molecular complexity index is 334. The van der Waals surface area contributed by atoms with Crippen molar-refractivity contribution in [1.29, 1.82) is 0 Å². The van der Waals surface area contributed by atoms with E-state index >= 15 is 0 Å². The van der Waals surface area contributed by atoms with Crippen LogP contribution in [0, 0.1) is 5.92 Å². The maximum absolute atomic E-state index is 5.71. The van der Waals surface area contributed by atoms with E-state index in [0.29, 0.717) is 12.0 Å². The van der Waals surface area contributed by atoms with E-state index in [4.69, 9.17) is 4.74 Å². The maximum atomic E-state index is 5.71. The largest absolute Gasteiger partial charge is 0.494 e. The molecule has 0 aromatic heterocycles. The van der Waals surface area contributed by atoms with Crippen molar-refractivity contribution in [3.05, 3.63) is 29.8 Å². The number of hydrogen-bond donors (Lipinski definition) is 1. The van der Waals surface area contributed by atoms with Gasteiger partial charge in [-0.1, -0.05) is 52.7 Å². The molecule has 0 amide bonds. The topological polar surface area (TPSA) is 21.3 Å². The first-order chi connectivity index (χ1) is 9.22. The summed E-state index contributed by atoms with van der Waals surface area (Å²) in [4.78, 5) is 0. The van der Waals surface area contributed by atoms with Crippen LogP contribution >= 0.6 is 0 Å². The number of rotatable bonds is 9. The van der Waals surface area contributed by atoms with Crippen molar-refractivity contribution in [3.63, 3.8) is 0 Å². The molecule has 0 saturated carbocycles. The van der Waals surface area contributed by atoms with Gasteiger partial charge in [-0.25, -0.2) is 0 Å². The van der Waals surface area contributed by atoms with E-state index in [9.17, 15) is 0 Å². The van der Waals surface area contributed by atoms with E-state index in [-0.39, 0.29) is 0 Å². The summed E-state index contributed by atoms with van der Waals surface area (Å²) >= 11 is 0. The van der Waals surface area contributed by atoms with Crippen LogP contribution < -0.4 is 10.1 Å². The van der Waals surface area contributed by atoms with Gasteiger partial charge in [-0.3, -0.25) is 0 Å². The van der Waals surface area contributed by atoms with Gasteiger partial charge in [0.05, 0.1) is 6.61 Å². The molecule has 1 N–H and O–H groups in total. The molecule has 0 heterocycles. The zero-order chi connectivity index (χ0) is 14.1. The zero-order valence-electron chi connectivity index (χ0n) is 12.9. The highest BCUT2D eigenvalue weighted by atomic mass is 16.5. The quantitative estimate of drug-likeness (QED) is 0.659. The van der Waals surface area contributed by atoms with Crippen LogP contribution in [-0.2, 0) is 0 Å². The van der Waals surface area contributed by atoms with Crippen molar-refractivity contribution < 1.29 is 4.74 Å². The second-order valence-corrected chi connectivity index (χ2v) is 5.19. The highest BCUT2D eigenvalue weighted by molar-refractivity contribution is 5.29. The number of nitrogens with one attached hydrogen (secondary N) is 1. The van der Waals surface area contributed by atoms with Gasteiger partial charge in [0.25, 0.3) is 0 Å². The predicted octanol–water partition coefficient (Wildman–Crippen LogP) is 4.56. The fourth-order valence-corrected chi connectivity index (χ4v) is 2.21. The third-order valence-corrected chi connectivity index (χ3v) is 3.64. The highest BCUT2D eigenvalue weighted by Gasteiger charge is 2.16. The third-order valence-electron chi connectivity index (χ3n) is 3.64. The molecule has 0 fully saturated rings. The average molecular weight is 263 g/mol. The lowest BCUT2D eigenvalue weighted by molar-refractivity contribution is 0.309. The molecule has 2 unspecified atom stereocenters. The highest BCUT2D eigenvalue weighted by Crippen LogP contribution is 2.26. The number of ether oxygens (including phenoxy) is 1. The Morgan fingerprint density at radius 1 is 1.11 bits per heavy atom. The van der Waals surface area contributed by atoms with E-state index in [1.807, 2.05) is 0 Å². The van der Waals surface area contributed by atoms with Crippen molar-refractivity contribution in [2.75, 3.05) is 13.2 Å². The molecule has 0 aliphatic carbocycles. The summed E-state index contributed by atoms with van der Waals surface area (Å²) in [5.74, 6) is 1.63. The molecule has 0 saturated heterocycles. The first-order valence-corrected chi connectivity index (χ1v) is 7.69. The fraction of sp³-hybridized carbons (Fsp3) is 0.647. The van der Waals surface area contributed by atoms with Crippen LogP contribution in [0.2, 0.25) is 0 Å². The summed E-state index contributed by atoms with van der Waals surface area (Å²) in [6, 6.07) is 9.02. The van der Waals surface area contributed by atoms with E-state index in [2.05, 4.69) is 57.3 Å². The number of hydrogen-bond acceptors (Lipinski definition) is 2. The van der Waals surface area contributed by atoms with Gasteiger partial charge in [0.2, 0.25) is 0 Å². The van der Waals surface area contributed by atoms with Crippen LogP contribution in [0.5, 0.6) is 5.75 Å². The Kier molecular flexibility index (Phi) is 7.57. The van der Waals surface area contributed by atoms with Crippen molar-refractivity contribution in [1.82, 2.24) is 5.32 Å². The molecule has 1 rings (SSSR count). The minimum Gasteiger partial charge on any atom is -0.494 e. The Balaban J connectivity index is 2.66. The molecule has 0 radical (unpaired) electrons. The van der Waals surface area contributed by atoms with Crippen LogP contribution in [0.4, 0.5) is 0 Å². The second-order valence-electron chi connectivity index (χ2n) is 5.19. The van der Waals surface area contributed by atoms with Crippen LogP contribution in [0.15, 0.2) is 24.3 Å². The zero-order valence-corrected chi connectivity index (χ0v) is 12.9. The molecule has 2 atom stereocenters. The van der Waals surface area contributed by atoms with E-state index in [1.165, 1.54) is 18.4 Å². The minimum absolute atomic E-state index is 0.444. The van der Waals surface area contributed by atoms with Gasteiger partial charge in [-0.2, -0.15) is 0 Å². The van der Waals surface area contributed by atoms with Gasteiger partial charge in [-0.05, 0) is 36.6 Å². The second kappa shape index (κ2) is 8.98. The van der Waals surface area contributed by atoms with Crippen molar-refractivity contribution in [2.24, 2.45) is 5.92 Å². The molecule has 1 aromatic rings. The monoisotopic (exact) mass is 263 g/mol. The molecular weight excluding hydrogens is 234 g/mol. The molecule has 19 heavy (non-hydrogen) atoms. The lowest BCUT2D eigenvalue weighted by Gasteiger charge is -2.24. The van der Waals surface area contributed by atoms with Crippen molar-refractivity contribution >= 4 is 0 Å². The van der Waals surface area contributed by atoms with Crippen LogP contribution in [-0.4, -0.2) is 13.2 Å². The lowest BCUT2D eigenvalue weighted by Crippen LogP contribution is -2.26. The van der Waals surface area contributed by atoms with Gasteiger partial charge in [0.1, 0.15) is 5.75 Å². The summed E-state index contributed by atoms with van der Waals surface area (Å²) in [6.07, 6.45) is 3.48. The maximum Gasteiger partial charge on any atom is 0.119 e. The third kappa shape index (κ3) is 5.23. The normalized spacial score (nSPS) is 14.1. The van der Waals surface area contributed by atoms with Crippen molar-refractivity contribution in [2.45, 2.75) is 53.0 Å². The minimum atomic E-state index is 0.444. The van der Waals surface area contributed by atoms with Gasteiger partial charge in [0, 0.05) is 6.04 Å². The first kappa shape index (κ1) is 16.0. The summed E-state index contributed by atoms with van der Waals surface area (Å²) in [7, 11) is 0. The van der Waals surface area contributed by atoms with E-state index in [1.54, 1.807) is 0 Å². The smallest absolute Gasteiger partial charge is 0.119 e. The van der Waals surface area contributed by atoms with Crippen LogP contribution in [0.1, 0.15) is 58.6 Å². The lowest BCUT2D eigenvalue weighted by atomic mass is 9.92.